The molecular weight excluding hydrogens is 471 g/mol. The second-order valence-electron chi connectivity index (χ2n) is 7.00. The van der Waals surface area contributed by atoms with Crippen molar-refractivity contribution in [2.75, 3.05) is 55.3 Å². The third kappa shape index (κ3) is 4.53. The number of nitrogen functional groups attached to an aromatic ring is 1. The number of rotatable bonds is 5. The van der Waals surface area contributed by atoms with E-state index in [2.05, 4.69) is 44.5 Å². The van der Waals surface area contributed by atoms with Gasteiger partial charge in [0, 0.05) is 48.8 Å². The molecule has 0 saturated carbocycles. The van der Waals surface area contributed by atoms with E-state index in [1.54, 1.807) is 0 Å². The summed E-state index contributed by atoms with van der Waals surface area (Å²) in [5, 5.41) is 2.78. The molecule has 1 amide bonds. The highest BCUT2D eigenvalue weighted by Crippen LogP contribution is 2.32. The van der Waals surface area contributed by atoms with Gasteiger partial charge in [-0.15, -0.1) is 0 Å². The molecule has 2 aliphatic heterocycles. The lowest BCUT2D eigenvalue weighted by molar-refractivity contribution is -0.115. The lowest BCUT2D eigenvalue weighted by Crippen LogP contribution is -2.39. The first-order valence-corrected chi connectivity index (χ1v) is 10.4. The van der Waals surface area contributed by atoms with Gasteiger partial charge in [0.15, 0.2) is 15.5 Å². The fourth-order valence-electron chi connectivity index (χ4n) is 3.49. The highest BCUT2D eigenvalue weighted by molar-refractivity contribution is 14.1. The van der Waals surface area contributed by atoms with Crippen LogP contribution in [0.25, 0.3) is 0 Å². The molecule has 8 nitrogen and oxygen atoms in total. The third-order valence-electron chi connectivity index (χ3n) is 5.01. The lowest BCUT2D eigenvalue weighted by Gasteiger charge is -2.30. The van der Waals surface area contributed by atoms with Crippen LogP contribution in [-0.4, -0.2) is 60.2 Å². The van der Waals surface area contributed by atoms with Crippen molar-refractivity contribution >= 4 is 45.8 Å². The van der Waals surface area contributed by atoms with Crippen LogP contribution >= 0.6 is 22.6 Å². The number of morpholine rings is 1. The molecule has 3 N–H and O–H groups in total. The summed E-state index contributed by atoms with van der Waals surface area (Å²) in [5.41, 5.74) is 8.91. The first-order chi connectivity index (χ1) is 13.6. The predicted molar refractivity (Wildman–Crippen MR) is 116 cm³/mol. The lowest BCUT2D eigenvalue weighted by atomic mass is 10.1. The highest BCUT2D eigenvalue weighted by Gasteiger charge is 2.26. The number of halogens is 1. The summed E-state index contributed by atoms with van der Waals surface area (Å²) < 4.78 is 5.96. The van der Waals surface area contributed by atoms with Gasteiger partial charge >= 0.3 is 0 Å². The van der Waals surface area contributed by atoms with Crippen molar-refractivity contribution in [3.63, 3.8) is 0 Å². The molecule has 9 heteroatoms. The van der Waals surface area contributed by atoms with Crippen molar-refractivity contribution < 1.29 is 9.53 Å². The summed E-state index contributed by atoms with van der Waals surface area (Å²) in [5.74, 6) is 0.866. The van der Waals surface area contributed by atoms with Crippen LogP contribution in [0.2, 0.25) is 0 Å². The molecule has 3 heterocycles. The number of hydrogen-bond acceptors (Lipinski definition) is 7. The number of benzene rings is 1. The molecule has 0 atom stereocenters. The zero-order valence-electron chi connectivity index (χ0n) is 15.5. The molecule has 4 rings (SSSR count). The van der Waals surface area contributed by atoms with Crippen molar-refractivity contribution in [1.82, 2.24) is 14.9 Å². The number of nitrogens with one attached hydrogen (secondary N) is 1. The van der Waals surface area contributed by atoms with Crippen LogP contribution in [0.1, 0.15) is 11.1 Å². The van der Waals surface area contributed by atoms with Crippen LogP contribution in [0, 0.1) is 3.83 Å². The van der Waals surface area contributed by atoms with Crippen molar-refractivity contribution in [3.8, 4) is 0 Å². The van der Waals surface area contributed by atoms with E-state index in [1.807, 2.05) is 27.5 Å². The van der Waals surface area contributed by atoms with E-state index < -0.39 is 0 Å². The SMILES string of the molecule is Nc1nc(I)nc2c1NC(=O)CN2Cc1ccc(CCN2CCOCC2)cc1. The Morgan fingerprint density at radius 1 is 1.14 bits per heavy atom. The molecule has 148 valence electrons. The Hall–Kier alpha value is -1.98. The molecule has 1 saturated heterocycles. The molecule has 1 aromatic heterocycles. The molecule has 0 bridgehead atoms. The van der Waals surface area contributed by atoms with Crippen LogP contribution in [0.5, 0.6) is 0 Å². The van der Waals surface area contributed by atoms with E-state index >= 15 is 0 Å². The Kier molecular flexibility index (Phi) is 5.93. The second-order valence-corrected chi connectivity index (χ2v) is 7.97. The number of hydrogen-bond donors (Lipinski definition) is 2. The average molecular weight is 494 g/mol. The third-order valence-corrected chi connectivity index (χ3v) is 5.49. The Labute approximate surface area is 177 Å². The fraction of sp³-hybridized carbons (Fsp3) is 0.421. The summed E-state index contributed by atoms with van der Waals surface area (Å²) in [7, 11) is 0. The zero-order valence-corrected chi connectivity index (χ0v) is 17.7. The topological polar surface area (TPSA) is 96.6 Å². The molecule has 0 spiro atoms. The van der Waals surface area contributed by atoms with Gasteiger partial charge in [-0.25, -0.2) is 9.97 Å². The maximum atomic E-state index is 12.1. The van der Waals surface area contributed by atoms with Crippen LogP contribution in [0.4, 0.5) is 17.3 Å². The minimum absolute atomic E-state index is 0.105. The maximum Gasteiger partial charge on any atom is 0.244 e. The van der Waals surface area contributed by atoms with Gasteiger partial charge in [0.2, 0.25) is 5.91 Å². The molecular formula is C19H23IN6O2. The Bertz CT molecular complexity index is 854. The number of carbonyl (C=O) groups excluding carboxylic acids is 1. The normalized spacial score (nSPS) is 17.3. The van der Waals surface area contributed by atoms with E-state index in [4.69, 9.17) is 10.5 Å². The number of carbonyl (C=O) groups is 1. The van der Waals surface area contributed by atoms with Crippen LogP contribution in [0.15, 0.2) is 24.3 Å². The van der Waals surface area contributed by atoms with Gasteiger partial charge in [0.05, 0.1) is 19.8 Å². The van der Waals surface area contributed by atoms with Gasteiger partial charge in [-0.2, -0.15) is 0 Å². The monoisotopic (exact) mass is 494 g/mol. The summed E-state index contributed by atoms with van der Waals surface area (Å²) in [6, 6.07) is 8.57. The smallest absolute Gasteiger partial charge is 0.244 e. The molecule has 2 aliphatic rings. The van der Waals surface area contributed by atoms with Gasteiger partial charge in [-0.1, -0.05) is 24.3 Å². The summed E-state index contributed by atoms with van der Waals surface area (Å²) >= 11 is 2.04. The molecule has 0 aliphatic carbocycles. The van der Waals surface area contributed by atoms with Crippen LogP contribution in [0.3, 0.4) is 0 Å². The number of nitrogens with two attached hydrogens (primary N) is 1. The molecule has 0 unspecified atom stereocenters. The number of aromatic nitrogens is 2. The van der Waals surface area contributed by atoms with E-state index in [0.29, 0.717) is 27.7 Å². The van der Waals surface area contributed by atoms with E-state index in [0.717, 1.165) is 44.8 Å². The van der Waals surface area contributed by atoms with Gasteiger partial charge < -0.3 is 20.7 Å². The van der Waals surface area contributed by atoms with Crippen molar-refractivity contribution in [3.05, 3.63) is 39.2 Å². The predicted octanol–water partition coefficient (Wildman–Crippen LogP) is 1.50. The highest BCUT2D eigenvalue weighted by atomic mass is 127. The number of ether oxygens (including phenoxy) is 1. The minimum atomic E-state index is -0.105. The van der Waals surface area contributed by atoms with Gasteiger partial charge in [0.1, 0.15) is 5.69 Å². The second kappa shape index (κ2) is 8.58. The number of anilines is 3. The first kappa shape index (κ1) is 19.3. The minimum Gasteiger partial charge on any atom is -0.382 e. The Balaban J connectivity index is 1.42. The van der Waals surface area contributed by atoms with Crippen LogP contribution in [-0.2, 0) is 22.5 Å². The Morgan fingerprint density at radius 3 is 2.61 bits per heavy atom. The van der Waals surface area contributed by atoms with E-state index in [1.165, 1.54) is 5.56 Å². The molecule has 1 aromatic carbocycles. The van der Waals surface area contributed by atoms with E-state index in [-0.39, 0.29) is 12.5 Å². The van der Waals surface area contributed by atoms with Crippen molar-refractivity contribution in [1.29, 1.82) is 0 Å². The summed E-state index contributed by atoms with van der Waals surface area (Å²) in [4.78, 5) is 25.1. The van der Waals surface area contributed by atoms with E-state index in [9.17, 15) is 4.79 Å². The molecule has 28 heavy (non-hydrogen) atoms. The largest absolute Gasteiger partial charge is 0.382 e. The average Bonchev–Trinajstić information content (AvgIpc) is 2.69. The van der Waals surface area contributed by atoms with Crippen molar-refractivity contribution in [2.45, 2.75) is 13.0 Å². The standard InChI is InChI=1S/C19H23IN6O2/c20-19-23-17(21)16-18(24-19)26(12-15(27)22-16)11-14-3-1-13(2-4-14)5-6-25-7-9-28-10-8-25/h1-4H,5-12H2,(H,22,27)(H2,21,23,24). The molecule has 1 fully saturated rings. The number of fused-ring (bicyclic) bond motifs is 1. The zero-order chi connectivity index (χ0) is 19.5. The van der Waals surface area contributed by atoms with Gasteiger partial charge in [-0.05, 0) is 17.5 Å². The summed E-state index contributed by atoms with van der Waals surface area (Å²) in [6.07, 6.45) is 1.02. The maximum absolute atomic E-state index is 12.1. The Morgan fingerprint density at radius 2 is 1.86 bits per heavy atom. The van der Waals surface area contributed by atoms with Gasteiger partial charge in [0.25, 0.3) is 0 Å². The number of amides is 1. The quantitative estimate of drug-likeness (QED) is 0.481. The first-order valence-electron chi connectivity index (χ1n) is 9.34. The number of nitrogens with zero attached hydrogens (tertiary/aromatic N) is 4. The van der Waals surface area contributed by atoms with Crippen LogP contribution < -0.4 is 16.0 Å². The van der Waals surface area contributed by atoms with Crippen molar-refractivity contribution in [2.24, 2.45) is 0 Å². The molecule has 0 radical (unpaired) electrons. The van der Waals surface area contributed by atoms with Gasteiger partial charge in [-0.3, -0.25) is 9.69 Å². The molecule has 2 aromatic rings. The fourth-order valence-corrected chi connectivity index (χ4v) is 3.98. The summed E-state index contributed by atoms with van der Waals surface area (Å²) in [6.45, 7) is 5.58.